The number of aromatic nitrogens is 1. The minimum absolute atomic E-state index is 0.194. The van der Waals surface area contributed by atoms with Crippen molar-refractivity contribution in [2.24, 2.45) is 9.98 Å². The number of para-hydroxylation sites is 2. The van der Waals surface area contributed by atoms with Gasteiger partial charge in [0.2, 0.25) is 0 Å². The Bertz CT molecular complexity index is 1490. The van der Waals surface area contributed by atoms with Gasteiger partial charge in [-0.15, -0.1) is 0 Å². The Morgan fingerprint density at radius 3 is 1.32 bits per heavy atom. The van der Waals surface area contributed by atoms with Crippen LogP contribution in [0.1, 0.15) is 47.5 Å². The molecule has 0 aliphatic rings. The summed E-state index contributed by atoms with van der Waals surface area (Å²) in [6, 6.07) is 43.7. The normalized spacial score (nSPS) is 11.6. The molecular formula is C35H31Cl2FeN3. The van der Waals surface area contributed by atoms with Crippen LogP contribution in [-0.2, 0) is 26.0 Å². The topological polar surface area (TPSA) is 37.6 Å². The molecule has 0 radical (unpaired) electrons. The number of nitrogens with zero attached hydrogens (tertiary/aromatic N) is 3. The Morgan fingerprint density at radius 2 is 0.902 bits per heavy atom. The van der Waals surface area contributed by atoms with Crippen LogP contribution >= 0.6 is 20.2 Å². The third kappa shape index (κ3) is 9.24. The Kier molecular flexibility index (Phi) is 11.9. The standard InChI is InChI=1S/C35H31N3.2ClH.Fe/c1-26(36-34-20-11-9-18-30(34)24-28-14-5-3-6-15-28)32-22-13-23-33(38-32)27(2)37-35-21-12-10-19-31(35)25-29-16-7-4-8-17-29;;;/h3-23H,24-25H2,1-2H3;2*1H;/q;;;+2/p-2. The van der Waals surface area contributed by atoms with Crippen LogP contribution in [0.4, 0.5) is 11.4 Å². The van der Waals surface area contributed by atoms with Crippen LogP contribution in [0.2, 0.25) is 0 Å². The van der Waals surface area contributed by atoms with Crippen LogP contribution in [-0.4, -0.2) is 16.4 Å². The fourth-order valence-electron chi connectivity index (χ4n) is 4.48. The predicted molar refractivity (Wildman–Crippen MR) is 171 cm³/mol. The summed E-state index contributed by atoms with van der Waals surface area (Å²) in [4.78, 5) is 14.9. The number of pyridine rings is 1. The molecule has 5 aromatic rings. The molecule has 41 heavy (non-hydrogen) atoms. The summed E-state index contributed by atoms with van der Waals surface area (Å²) in [5.74, 6) is 0. The van der Waals surface area contributed by atoms with Crippen molar-refractivity contribution in [3.63, 3.8) is 0 Å². The monoisotopic (exact) mass is 619 g/mol. The molecule has 0 amide bonds. The van der Waals surface area contributed by atoms with Crippen LogP contribution in [0.15, 0.2) is 137 Å². The zero-order valence-corrected chi connectivity index (χ0v) is 25.6. The van der Waals surface area contributed by atoms with Crippen molar-refractivity contribution in [2.75, 3.05) is 0 Å². The van der Waals surface area contributed by atoms with E-state index in [4.69, 9.17) is 35.2 Å². The molecule has 1 heterocycles. The van der Waals surface area contributed by atoms with Gasteiger partial charge in [-0.25, -0.2) is 4.98 Å². The first kappa shape index (κ1) is 30.4. The molecule has 5 rings (SSSR count). The van der Waals surface area contributed by atoms with Gasteiger partial charge in [-0.1, -0.05) is 103 Å². The summed E-state index contributed by atoms with van der Waals surface area (Å²) >= 11 is 0.194. The SMILES string of the molecule is CC(=Nc1ccccc1Cc1ccccc1)c1cccc(C(C)=Nc2ccccc2Cc2ccccc2)n1.[Cl][Fe][Cl]. The van der Waals surface area contributed by atoms with E-state index in [9.17, 15) is 0 Å². The molecule has 6 heteroatoms. The molecule has 4 aromatic carbocycles. The van der Waals surface area contributed by atoms with Gasteiger partial charge in [0.05, 0.1) is 34.2 Å². The maximum atomic E-state index is 4.99. The quantitative estimate of drug-likeness (QED) is 0.126. The zero-order chi connectivity index (χ0) is 28.9. The average molecular weight is 620 g/mol. The van der Waals surface area contributed by atoms with Gasteiger partial charge in [-0.3, -0.25) is 9.98 Å². The van der Waals surface area contributed by atoms with Crippen LogP contribution in [0.25, 0.3) is 0 Å². The number of halogens is 2. The first-order chi connectivity index (χ1) is 20.1. The van der Waals surface area contributed by atoms with Gasteiger partial charge in [0.25, 0.3) is 0 Å². The predicted octanol–water partition coefficient (Wildman–Crippen LogP) is 9.92. The van der Waals surface area contributed by atoms with E-state index in [-0.39, 0.29) is 13.1 Å². The molecule has 1 aromatic heterocycles. The van der Waals surface area contributed by atoms with Crippen molar-refractivity contribution in [3.8, 4) is 0 Å². The zero-order valence-electron chi connectivity index (χ0n) is 23.0. The van der Waals surface area contributed by atoms with E-state index >= 15 is 0 Å². The third-order valence-electron chi connectivity index (χ3n) is 6.52. The molecule has 0 aliphatic carbocycles. The molecule has 0 spiro atoms. The van der Waals surface area contributed by atoms with Crippen molar-refractivity contribution in [1.82, 2.24) is 4.98 Å². The molecule has 0 saturated heterocycles. The van der Waals surface area contributed by atoms with E-state index in [0.29, 0.717) is 0 Å². The van der Waals surface area contributed by atoms with Crippen LogP contribution < -0.4 is 0 Å². The first-order valence-corrected chi connectivity index (χ1v) is 16.3. The van der Waals surface area contributed by atoms with Crippen molar-refractivity contribution in [1.29, 1.82) is 0 Å². The fraction of sp³-hybridized carbons (Fsp3) is 0.114. The van der Waals surface area contributed by atoms with Gasteiger partial charge in [-0.05, 0) is 73.2 Å². The molecule has 208 valence electrons. The minimum atomic E-state index is 0.194. The number of hydrogen-bond acceptors (Lipinski definition) is 3. The molecule has 0 saturated carbocycles. The third-order valence-corrected chi connectivity index (χ3v) is 6.52. The van der Waals surface area contributed by atoms with Crippen molar-refractivity contribution < 1.29 is 13.1 Å². The summed E-state index contributed by atoms with van der Waals surface area (Å²) in [7, 11) is 9.53. The molecule has 0 bridgehead atoms. The van der Waals surface area contributed by atoms with Gasteiger partial charge >= 0.3 is 33.3 Å². The van der Waals surface area contributed by atoms with Crippen LogP contribution in [0.5, 0.6) is 0 Å². The van der Waals surface area contributed by atoms with Gasteiger partial charge in [0.1, 0.15) is 0 Å². The molecule has 3 nitrogen and oxygen atoms in total. The van der Waals surface area contributed by atoms with Gasteiger partial charge in [0, 0.05) is 0 Å². The summed E-state index contributed by atoms with van der Waals surface area (Å²) in [5, 5.41) is 0. The molecule has 0 fully saturated rings. The van der Waals surface area contributed by atoms with E-state index in [1.165, 1.54) is 22.3 Å². The van der Waals surface area contributed by atoms with E-state index in [0.717, 1.165) is 47.0 Å². The Balaban J connectivity index is 0.00000124. The van der Waals surface area contributed by atoms with E-state index in [1.807, 2.05) is 56.3 Å². The van der Waals surface area contributed by atoms with Gasteiger partial charge < -0.3 is 0 Å². The fourth-order valence-corrected chi connectivity index (χ4v) is 4.48. The van der Waals surface area contributed by atoms with E-state index < -0.39 is 0 Å². The first-order valence-electron chi connectivity index (χ1n) is 13.2. The Labute approximate surface area is 257 Å². The van der Waals surface area contributed by atoms with E-state index in [2.05, 4.69) is 84.9 Å². The van der Waals surface area contributed by atoms with Crippen LogP contribution in [0.3, 0.4) is 0 Å². The molecule has 0 N–H and O–H groups in total. The molecule has 0 unspecified atom stereocenters. The second-order valence-electron chi connectivity index (χ2n) is 9.44. The van der Waals surface area contributed by atoms with E-state index in [1.54, 1.807) is 0 Å². The van der Waals surface area contributed by atoms with Gasteiger partial charge in [-0.2, -0.15) is 0 Å². The summed E-state index contributed by atoms with van der Waals surface area (Å²) < 4.78 is 0. The number of hydrogen-bond donors (Lipinski definition) is 0. The molecule has 0 atom stereocenters. The van der Waals surface area contributed by atoms with Crippen molar-refractivity contribution in [3.05, 3.63) is 161 Å². The Morgan fingerprint density at radius 1 is 0.537 bits per heavy atom. The number of rotatable bonds is 8. The average Bonchev–Trinajstić information content (AvgIpc) is 3.00. The number of aliphatic imine (C=N–C) groups is 2. The Hall–Kier alpha value is -3.53. The molecular weight excluding hydrogens is 589 g/mol. The summed E-state index contributed by atoms with van der Waals surface area (Å²) in [6.45, 7) is 4.04. The molecule has 0 aliphatic heterocycles. The van der Waals surface area contributed by atoms with Crippen molar-refractivity contribution in [2.45, 2.75) is 26.7 Å². The summed E-state index contributed by atoms with van der Waals surface area (Å²) in [5.41, 5.74) is 10.3. The maximum absolute atomic E-state index is 4.99. The second kappa shape index (κ2) is 16.0. The van der Waals surface area contributed by atoms with Gasteiger partial charge in [0.15, 0.2) is 0 Å². The van der Waals surface area contributed by atoms with Crippen LogP contribution in [0, 0.1) is 0 Å². The van der Waals surface area contributed by atoms with Crippen molar-refractivity contribution >= 4 is 43.0 Å². The number of benzene rings is 4. The second-order valence-corrected chi connectivity index (χ2v) is 11.3. The summed E-state index contributed by atoms with van der Waals surface area (Å²) in [6.07, 6.45) is 1.69.